The molecule has 4 bridgehead atoms. The van der Waals surface area contributed by atoms with E-state index in [-0.39, 0.29) is 23.7 Å². The maximum Gasteiger partial charge on any atom is 0.312 e. The standard InChI is InChI=1S/C19H26O5/c1-16-6-3-7-19(24-15(16)22)11-5-4-10-8-18(11,9-17(10,2)23)12(13(16)19)14(20)21/h10-13,23H,3-9H2,1-2H3,(H,20,21)/t10?,11-,12-,13-,16-,17-,18-,19-/m1/s1. The minimum atomic E-state index is -0.795. The number of ether oxygens (including phenoxy) is 1. The first-order valence-electron chi connectivity index (χ1n) is 9.36. The molecule has 0 aromatic carbocycles. The molecule has 5 heteroatoms. The van der Waals surface area contributed by atoms with Gasteiger partial charge in [-0.2, -0.15) is 0 Å². The molecule has 0 radical (unpaired) electrons. The number of aliphatic carboxylic acids is 1. The number of carbonyl (C=O) groups excluding carboxylic acids is 1. The summed E-state index contributed by atoms with van der Waals surface area (Å²) >= 11 is 0. The summed E-state index contributed by atoms with van der Waals surface area (Å²) < 4.78 is 6.08. The molecule has 24 heavy (non-hydrogen) atoms. The van der Waals surface area contributed by atoms with Gasteiger partial charge in [0.25, 0.3) is 0 Å². The number of rotatable bonds is 1. The van der Waals surface area contributed by atoms with Crippen LogP contribution in [0.1, 0.15) is 58.8 Å². The van der Waals surface area contributed by atoms with Crippen molar-refractivity contribution >= 4 is 11.9 Å². The molecule has 1 heterocycles. The first-order chi connectivity index (χ1) is 11.2. The summed E-state index contributed by atoms with van der Waals surface area (Å²) in [5, 5.41) is 21.1. The average molecular weight is 334 g/mol. The lowest BCUT2D eigenvalue weighted by atomic mass is 9.60. The van der Waals surface area contributed by atoms with E-state index in [0.717, 1.165) is 38.5 Å². The van der Waals surface area contributed by atoms with Crippen molar-refractivity contribution in [2.45, 2.75) is 70.0 Å². The fourth-order valence-corrected chi connectivity index (χ4v) is 8.13. The van der Waals surface area contributed by atoms with Crippen LogP contribution in [0.3, 0.4) is 0 Å². The molecule has 1 aliphatic heterocycles. The maximum absolute atomic E-state index is 12.7. The van der Waals surface area contributed by atoms with Crippen molar-refractivity contribution in [1.82, 2.24) is 0 Å². The van der Waals surface area contributed by atoms with E-state index in [0.29, 0.717) is 6.42 Å². The highest BCUT2D eigenvalue weighted by Crippen LogP contribution is 2.78. The highest BCUT2D eigenvalue weighted by atomic mass is 16.6. The summed E-state index contributed by atoms with van der Waals surface area (Å²) in [6.07, 6.45) is 5.55. The minimum absolute atomic E-state index is 0.0902. The van der Waals surface area contributed by atoms with Crippen molar-refractivity contribution in [2.75, 3.05) is 0 Å². The zero-order chi connectivity index (χ0) is 17.1. The van der Waals surface area contributed by atoms with Gasteiger partial charge in [0.2, 0.25) is 0 Å². The summed E-state index contributed by atoms with van der Waals surface area (Å²) in [5.74, 6) is -1.52. The quantitative estimate of drug-likeness (QED) is 0.719. The Hall–Kier alpha value is -1.10. The van der Waals surface area contributed by atoms with Crippen molar-refractivity contribution in [3.63, 3.8) is 0 Å². The summed E-state index contributed by atoms with van der Waals surface area (Å²) in [7, 11) is 0. The van der Waals surface area contributed by atoms with Crippen LogP contribution >= 0.6 is 0 Å². The van der Waals surface area contributed by atoms with E-state index in [1.165, 1.54) is 0 Å². The average Bonchev–Trinajstić information content (AvgIpc) is 2.88. The van der Waals surface area contributed by atoms with Gasteiger partial charge in [-0.15, -0.1) is 0 Å². The molecule has 5 rings (SSSR count). The number of carboxylic acids is 1. The smallest absolute Gasteiger partial charge is 0.312 e. The molecule has 8 atom stereocenters. The second kappa shape index (κ2) is 4.00. The number of hydrogen-bond donors (Lipinski definition) is 2. The summed E-state index contributed by atoms with van der Waals surface area (Å²) in [4.78, 5) is 25.1. The predicted octanol–water partition coefficient (Wildman–Crippen LogP) is 2.36. The molecule has 2 N–H and O–H groups in total. The Kier molecular flexibility index (Phi) is 2.53. The van der Waals surface area contributed by atoms with Gasteiger partial charge in [0, 0.05) is 11.8 Å². The number of aliphatic hydroxyl groups is 1. The van der Waals surface area contributed by atoms with Gasteiger partial charge in [0.1, 0.15) is 5.60 Å². The Bertz CT molecular complexity index is 656. The molecule has 0 aromatic heterocycles. The monoisotopic (exact) mass is 334 g/mol. The van der Waals surface area contributed by atoms with Crippen molar-refractivity contribution in [1.29, 1.82) is 0 Å². The molecule has 4 aliphatic carbocycles. The van der Waals surface area contributed by atoms with Crippen molar-refractivity contribution in [2.24, 2.45) is 34.5 Å². The normalized spacial score (nSPS) is 60.5. The molecular formula is C19H26O5. The lowest BCUT2D eigenvalue weighted by Crippen LogP contribution is -2.47. The van der Waals surface area contributed by atoms with E-state index in [1.54, 1.807) is 0 Å². The second-order valence-corrected chi connectivity index (χ2v) is 9.71. The van der Waals surface area contributed by atoms with Gasteiger partial charge in [-0.3, -0.25) is 9.59 Å². The van der Waals surface area contributed by atoms with Crippen LogP contribution in [0.25, 0.3) is 0 Å². The molecule has 1 saturated heterocycles. The summed E-state index contributed by atoms with van der Waals surface area (Å²) in [6, 6.07) is 0. The van der Waals surface area contributed by atoms with Gasteiger partial charge in [-0.05, 0) is 70.1 Å². The van der Waals surface area contributed by atoms with Crippen LogP contribution < -0.4 is 0 Å². The summed E-state index contributed by atoms with van der Waals surface area (Å²) in [5.41, 5.74) is -2.47. The van der Waals surface area contributed by atoms with E-state index in [1.807, 2.05) is 13.8 Å². The molecule has 132 valence electrons. The minimum Gasteiger partial charge on any atom is -0.481 e. The van der Waals surface area contributed by atoms with Crippen molar-refractivity contribution in [3.8, 4) is 0 Å². The van der Waals surface area contributed by atoms with E-state index in [4.69, 9.17) is 4.74 Å². The number of fused-ring (bicyclic) bond motifs is 1. The van der Waals surface area contributed by atoms with E-state index < -0.39 is 33.9 Å². The Labute approximate surface area is 141 Å². The van der Waals surface area contributed by atoms with Crippen molar-refractivity contribution in [3.05, 3.63) is 0 Å². The molecule has 5 aliphatic rings. The fraction of sp³-hybridized carbons (Fsp3) is 0.895. The molecule has 5 nitrogen and oxygen atoms in total. The maximum atomic E-state index is 12.7. The van der Waals surface area contributed by atoms with Gasteiger partial charge >= 0.3 is 11.9 Å². The molecule has 1 spiro atoms. The predicted molar refractivity (Wildman–Crippen MR) is 83.9 cm³/mol. The highest BCUT2D eigenvalue weighted by molar-refractivity contribution is 5.84. The lowest BCUT2D eigenvalue weighted by molar-refractivity contribution is -0.160. The first-order valence-corrected chi connectivity index (χ1v) is 9.36. The SMILES string of the molecule is C[C@]12CCC[C@@]3(OC1=O)[C@@H]1CCC4C[C@]1(C[C@@]4(C)O)[C@@H](C(=O)O)[C@@H]32. The van der Waals surface area contributed by atoms with Crippen LogP contribution in [0.2, 0.25) is 0 Å². The van der Waals surface area contributed by atoms with E-state index in [9.17, 15) is 19.8 Å². The third kappa shape index (κ3) is 1.36. The van der Waals surface area contributed by atoms with Gasteiger partial charge in [0.05, 0.1) is 16.9 Å². The molecule has 0 amide bonds. The van der Waals surface area contributed by atoms with Crippen LogP contribution in [-0.2, 0) is 14.3 Å². The van der Waals surface area contributed by atoms with Gasteiger partial charge in [-0.1, -0.05) is 0 Å². The molecule has 5 fully saturated rings. The first kappa shape index (κ1) is 15.2. The van der Waals surface area contributed by atoms with Crippen LogP contribution in [0.5, 0.6) is 0 Å². The van der Waals surface area contributed by atoms with Crippen molar-refractivity contribution < 1.29 is 24.5 Å². The molecule has 0 aromatic rings. The number of hydrogen-bond acceptors (Lipinski definition) is 4. The molecule has 4 saturated carbocycles. The Morgan fingerprint density at radius 1 is 1.25 bits per heavy atom. The highest BCUT2D eigenvalue weighted by Gasteiger charge is 2.82. The van der Waals surface area contributed by atoms with Gasteiger partial charge in [-0.25, -0.2) is 0 Å². The summed E-state index contributed by atoms with van der Waals surface area (Å²) in [6.45, 7) is 3.80. The van der Waals surface area contributed by atoms with Crippen LogP contribution in [0.15, 0.2) is 0 Å². The molecular weight excluding hydrogens is 308 g/mol. The zero-order valence-corrected chi connectivity index (χ0v) is 14.4. The van der Waals surface area contributed by atoms with Crippen LogP contribution in [0.4, 0.5) is 0 Å². The molecule has 1 unspecified atom stereocenters. The van der Waals surface area contributed by atoms with Gasteiger partial charge in [0.15, 0.2) is 0 Å². The number of esters is 1. The number of carbonyl (C=O) groups is 2. The van der Waals surface area contributed by atoms with E-state index in [2.05, 4.69) is 0 Å². The lowest BCUT2D eigenvalue weighted by Gasteiger charge is -2.43. The Balaban J connectivity index is 1.74. The van der Waals surface area contributed by atoms with Crippen LogP contribution in [-0.4, -0.2) is 33.4 Å². The fourth-order valence-electron chi connectivity index (χ4n) is 8.13. The Morgan fingerprint density at radius 2 is 2.00 bits per heavy atom. The zero-order valence-electron chi connectivity index (χ0n) is 14.4. The largest absolute Gasteiger partial charge is 0.481 e. The third-order valence-electron chi connectivity index (χ3n) is 8.72. The van der Waals surface area contributed by atoms with E-state index >= 15 is 0 Å². The van der Waals surface area contributed by atoms with Gasteiger partial charge < -0.3 is 14.9 Å². The number of carboxylic acid groups (broad SMARTS) is 1. The topological polar surface area (TPSA) is 83.8 Å². The van der Waals surface area contributed by atoms with Crippen LogP contribution in [0, 0.1) is 34.5 Å². The Morgan fingerprint density at radius 3 is 2.71 bits per heavy atom. The third-order valence-corrected chi connectivity index (χ3v) is 8.72. The second-order valence-electron chi connectivity index (χ2n) is 9.71.